The van der Waals surface area contributed by atoms with Crippen LogP contribution in [0.1, 0.15) is 25.2 Å². The molecule has 0 aliphatic rings. The molecule has 0 saturated heterocycles. The van der Waals surface area contributed by atoms with Crippen molar-refractivity contribution in [3.8, 4) is 11.4 Å². The predicted octanol–water partition coefficient (Wildman–Crippen LogP) is 2.95. The first-order chi connectivity index (χ1) is 8.24. The van der Waals surface area contributed by atoms with E-state index < -0.39 is 0 Å². The summed E-state index contributed by atoms with van der Waals surface area (Å²) >= 11 is 3.39. The van der Waals surface area contributed by atoms with Gasteiger partial charge in [0, 0.05) is 16.6 Å². The minimum atomic E-state index is 0.145. The second-order valence-corrected chi connectivity index (χ2v) is 4.72. The highest BCUT2D eigenvalue weighted by atomic mass is 79.9. The molecule has 4 nitrogen and oxygen atoms in total. The Bertz CT molecular complexity index is 477. The van der Waals surface area contributed by atoms with Gasteiger partial charge in [0.25, 0.3) is 0 Å². The quantitative estimate of drug-likeness (QED) is 0.942. The van der Waals surface area contributed by atoms with E-state index in [1.165, 1.54) is 0 Å². The molecular weight excluding hydrogens is 282 g/mol. The van der Waals surface area contributed by atoms with Crippen molar-refractivity contribution in [3.63, 3.8) is 0 Å². The van der Waals surface area contributed by atoms with Gasteiger partial charge in [-0.15, -0.1) is 0 Å². The number of benzene rings is 1. The van der Waals surface area contributed by atoms with Crippen LogP contribution in [0.4, 0.5) is 0 Å². The van der Waals surface area contributed by atoms with Crippen molar-refractivity contribution in [2.24, 2.45) is 5.73 Å². The number of hydrogen-bond donors (Lipinski definition) is 1. The summed E-state index contributed by atoms with van der Waals surface area (Å²) in [6.45, 7) is 2.58. The van der Waals surface area contributed by atoms with E-state index in [1.54, 1.807) is 0 Å². The smallest absolute Gasteiger partial charge is 0.231 e. The Labute approximate surface area is 108 Å². The van der Waals surface area contributed by atoms with Gasteiger partial charge in [0.1, 0.15) is 0 Å². The highest BCUT2D eigenvalue weighted by molar-refractivity contribution is 9.10. The Morgan fingerprint density at radius 1 is 1.35 bits per heavy atom. The molecule has 1 unspecified atom stereocenters. The molecule has 0 spiro atoms. The van der Waals surface area contributed by atoms with E-state index in [4.69, 9.17) is 10.3 Å². The number of halogens is 1. The molecule has 0 bridgehead atoms. The molecule has 1 heterocycles. The van der Waals surface area contributed by atoms with E-state index in [0.29, 0.717) is 18.3 Å². The molecule has 90 valence electrons. The second-order valence-electron chi connectivity index (χ2n) is 3.80. The number of rotatable bonds is 4. The summed E-state index contributed by atoms with van der Waals surface area (Å²) < 4.78 is 6.27. The SMILES string of the molecule is CCC(CN)c1nc(-c2ccc(Br)cc2)no1. The van der Waals surface area contributed by atoms with Crippen LogP contribution in [0.3, 0.4) is 0 Å². The monoisotopic (exact) mass is 295 g/mol. The van der Waals surface area contributed by atoms with Crippen LogP contribution in [-0.4, -0.2) is 16.7 Å². The van der Waals surface area contributed by atoms with E-state index >= 15 is 0 Å². The van der Waals surface area contributed by atoms with Gasteiger partial charge in [-0.3, -0.25) is 0 Å². The summed E-state index contributed by atoms with van der Waals surface area (Å²) in [4.78, 5) is 4.38. The fourth-order valence-corrected chi connectivity index (χ4v) is 1.82. The van der Waals surface area contributed by atoms with Crippen molar-refractivity contribution >= 4 is 15.9 Å². The van der Waals surface area contributed by atoms with Crippen LogP contribution in [0.5, 0.6) is 0 Å². The average Bonchev–Trinajstić information content (AvgIpc) is 2.81. The van der Waals surface area contributed by atoms with Crippen molar-refractivity contribution in [2.45, 2.75) is 19.3 Å². The fourth-order valence-electron chi connectivity index (χ4n) is 1.56. The Kier molecular flexibility index (Phi) is 3.91. The van der Waals surface area contributed by atoms with Gasteiger partial charge in [-0.25, -0.2) is 0 Å². The summed E-state index contributed by atoms with van der Waals surface area (Å²) in [6, 6.07) is 7.79. The maximum atomic E-state index is 5.65. The van der Waals surface area contributed by atoms with E-state index in [2.05, 4.69) is 33.0 Å². The van der Waals surface area contributed by atoms with Crippen LogP contribution >= 0.6 is 15.9 Å². The summed E-state index contributed by atoms with van der Waals surface area (Å²) in [5.74, 6) is 1.37. The molecule has 1 atom stereocenters. The van der Waals surface area contributed by atoms with Crippen LogP contribution in [0.15, 0.2) is 33.3 Å². The van der Waals surface area contributed by atoms with Gasteiger partial charge < -0.3 is 10.3 Å². The Balaban J connectivity index is 2.26. The molecule has 5 heteroatoms. The van der Waals surface area contributed by atoms with Crippen molar-refractivity contribution < 1.29 is 4.52 Å². The number of aromatic nitrogens is 2. The molecule has 2 rings (SSSR count). The molecule has 0 fully saturated rings. The minimum Gasteiger partial charge on any atom is -0.339 e. The first kappa shape index (κ1) is 12.3. The summed E-state index contributed by atoms with van der Waals surface area (Å²) in [6.07, 6.45) is 0.901. The lowest BCUT2D eigenvalue weighted by molar-refractivity contribution is 0.351. The molecule has 17 heavy (non-hydrogen) atoms. The molecule has 1 aromatic carbocycles. The van der Waals surface area contributed by atoms with Gasteiger partial charge in [-0.2, -0.15) is 4.98 Å². The third-order valence-electron chi connectivity index (χ3n) is 2.67. The average molecular weight is 296 g/mol. The Morgan fingerprint density at radius 2 is 2.06 bits per heavy atom. The van der Waals surface area contributed by atoms with Crippen LogP contribution in [0.25, 0.3) is 11.4 Å². The van der Waals surface area contributed by atoms with Gasteiger partial charge in [-0.1, -0.05) is 28.0 Å². The van der Waals surface area contributed by atoms with Crippen molar-refractivity contribution in [3.05, 3.63) is 34.6 Å². The summed E-state index contributed by atoms with van der Waals surface area (Å²) in [5, 5.41) is 3.98. The fraction of sp³-hybridized carbons (Fsp3) is 0.333. The van der Waals surface area contributed by atoms with Gasteiger partial charge in [0.2, 0.25) is 11.7 Å². The first-order valence-electron chi connectivity index (χ1n) is 5.54. The molecule has 0 aliphatic carbocycles. The molecule has 2 N–H and O–H groups in total. The van der Waals surface area contributed by atoms with Crippen LogP contribution in [0, 0.1) is 0 Å². The Morgan fingerprint density at radius 3 is 2.65 bits per heavy atom. The minimum absolute atomic E-state index is 0.145. The third-order valence-corrected chi connectivity index (χ3v) is 3.20. The van der Waals surface area contributed by atoms with Crippen LogP contribution in [0.2, 0.25) is 0 Å². The molecule has 0 amide bonds. The molecular formula is C12H14BrN3O. The lowest BCUT2D eigenvalue weighted by Crippen LogP contribution is -2.11. The highest BCUT2D eigenvalue weighted by Gasteiger charge is 2.16. The van der Waals surface area contributed by atoms with Crippen molar-refractivity contribution in [2.75, 3.05) is 6.54 Å². The van der Waals surface area contributed by atoms with Gasteiger partial charge in [-0.05, 0) is 30.7 Å². The van der Waals surface area contributed by atoms with Crippen LogP contribution in [-0.2, 0) is 0 Å². The standard InChI is InChI=1S/C12H14BrN3O/c1-2-8(7-14)12-15-11(16-17-12)9-3-5-10(13)6-4-9/h3-6,8H,2,7,14H2,1H3. The maximum absolute atomic E-state index is 5.65. The van der Waals surface area contributed by atoms with Crippen molar-refractivity contribution in [1.29, 1.82) is 0 Å². The lowest BCUT2D eigenvalue weighted by Gasteiger charge is -2.04. The number of nitrogens with zero attached hydrogens (tertiary/aromatic N) is 2. The number of hydrogen-bond acceptors (Lipinski definition) is 4. The number of nitrogens with two attached hydrogens (primary N) is 1. The molecule has 0 radical (unpaired) electrons. The second kappa shape index (κ2) is 5.42. The zero-order valence-corrected chi connectivity index (χ0v) is 11.1. The van der Waals surface area contributed by atoms with Crippen molar-refractivity contribution in [1.82, 2.24) is 10.1 Å². The Hall–Kier alpha value is -1.20. The summed E-state index contributed by atoms with van der Waals surface area (Å²) in [5.41, 5.74) is 6.59. The zero-order chi connectivity index (χ0) is 12.3. The highest BCUT2D eigenvalue weighted by Crippen LogP contribution is 2.22. The van der Waals surface area contributed by atoms with E-state index in [1.807, 2.05) is 24.3 Å². The largest absolute Gasteiger partial charge is 0.339 e. The van der Waals surface area contributed by atoms with Gasteiger partial charge in [0.15, 0.2) is 0 Å². The molecule has 2 aromatic rings. The predicted molar refractivity (Wildman–Crippen MR) is 69.5 cm³/mol. The lowest BCUT2D eigenvalue weighted by atomic mass is 10.1. The van der Waals surface area contributed by atoms with Gasteiger partial charge >= 0.3 is 0 Å². The zero-order valence-electron chi connectivity index (χ0n) is 9.56. The summed E-state index contributed by atoms with van der Waals surface area (Å²) in [7, 11) is 0. The molecule has 0 aliphatic heterocycles. The van der Waals surface area contributed by atoms with Gasteiger partial charge in [0.05, 0.1) is 5.92 Å². The van der Waals surface area contributed by atoms with E-state index in [0.717, 1.165) is 16.5 Å². The topological polar surface area (TPSA) is 64.9 Å². The molecule has 1 aromatic heterocycles. The normalized spacial score (nSPS) is 12.6. The van der Waals surface area contributed by atoms with Crippen LogP contribution < -0.4 is 5.73 Å². The van der Waals surface area contributed by atoms with E-state index in [9.17, 15) is 0 Å². The third kappa shape index (κ3) is 2.73. The van der Waals surface area contributed by atoms with E-state index in [-0.39, 0.29) is 5.92 Å². The molecule has 0 saturated carbocycles. The first-order valence-corrected chi connectivity index (χ1v) is 6.33. The maximum Gasteiger partial charge on any atom is 0.231 e.